The Morgan fingerprint density at radius 2 is 0.910 bits per heavy atom. The van der Waals surface area contributed by atoms with Gasteiger partial charge in [-0.05, 0) is 87.9 Å². The highest BCUT2D eigenvalue weighted by atomic mass is 16.7. The number of likely N-dealkylation sites (N-methyl/N-ethyl adjacent to an activating group) is 2. The molecule has 0 aliphatic carbocycles. The van der Waals surface area contributed by atoms with Crippen LogP contribution in [0.5, 0.6) is 0 Å². The smallest absolute Gasteiger partial charge is 0.311 e. The number of cyclic esters (lactones) is 2. The molecule has 456 valence electrons. The first-order valence-electron chi connectivity index (χ1n) is 29.1. The predicted octanol–water partition coefficient (Wildman–Crippen LogP) is 3.54. The minimum Gasteiger partial charge on any atom is -0.462 e. The van der Waals surface area contributed by atoms with Gasteiger partial charge in [0, 0.05) is 72.3 Å². The number of nitrogens with one attached hydrogen (secondary N) is 1. The monoisotopic (exact) mass is 1120 g/mol. The van der Waals surface area contributed by atoms with Crippen molar-refractivity contribution in [2.45, 2.75) is 265 Å². The molecular weight excluding hydrogens is 1010 g/mol. The molecule has 0 bridgehead atoms. The Kier molecular flexibility index (Phi) is 26.7. The van der Waals surface area contributed by atoms with Gasteiger partial charge < -0.3 is 79.5 Å². The van der Waals surface area contributed by atoms with Crippen LogP contribution in [0.25, 0.3) is 0 Å². The van der Waals surface area contributed by atoms with Gasteiger partial charge >= 0.3 is 11.9 Å². The molecule has 4 heterocycles. The van der Waals surface area contributed by atoms with E-state index in [1.54, 1.807) is 90.1 Å². The lowest BCUT2D eigenvalue weighted by molar-refractivity contribution is -0.269. The summed E-state index contributed by atoms with van der Waals surface area (Å²) >= 11 is 0. The van der Waals surface area contributed by atoms with Crippen LogP contribution in [0.2, 0.25) is 0 Å². The molecule has 4 fully saturated rings. The molecule has 28 atom stereocenters. The summed E-state index contributed by atoms with van der Waals surface area (Å²) in [7, 11) is 3.65. The lowest BCUT2D eigenvalue weighted by Crippen LogP contribution is -2.57. The van der Waals surface area contributed by atoms with Crippen molar-refractivity contribution in [1.29, 1.82) is 0 Å². The summed E-state index contributed by atoms with van der Waals surface area (Å²) in [6.07, 6.45) is -10.5. The van der Waals surface area contributed by atoms with E-state index in [0.29, 0.717) is 32.2 Å². The van der Waals surface area contributed by atoms with Crippen LogP contribution in [0.15, 0.2) is 0 Å². The molecule has 0 saturated carbocycles. The molecule has 0 radical (unpaired) electrons. The van der Waals surface area contributed by atoms with Gasteiger partial charge in [-0.15, -0.1) is 0 Å². The third kappa shape index (κ3) is 16.9. The average molecular weight is 1120 g/mol. The van der Waals surface area contributed by atoms with Crippen LogP contribution in [0.3, 0.4) is 0 Å². The lowest BCUT2D eigenvalue weighted by atomic mass is 9.75. The Labute approximate surface area is 466 Å². The van der Waals surface area contributed by atoms with Crippen LogP contribution in [0, 0.1) is 59.2 Å². The van der Waals surface area contributed by atoms with Crippen molar-refractivity contribution >= 4 is 23.5 Å². The van der Waals surface area contributed by atoms with E-state index in [1.807, 2.05) is 32.7 Å². The van der Waals surface area contributed by atoms with Gasteiger partial charge in [0.2, 0.25) is 0 Å². The summed E-state index contributed by atoms with van der Waals surface area (Å²) in [5.41, 5.74) is -3.37. The van der Waals surface area contributed by atoms with Gasteiger partial charge in [0.25, 0.3) is 0 Å². The van der Waals surface area contributed by atoms with Crippen LogP contribution >= 0.6 is 0 Å². The number of esters is 2. The van der Waals surface area contributed by atoms with Gasteiger partial charge in [-0.1, -0.05) is 76.2 Å². The number of hydrogen-bond donors (Lipinski definition) is 9. The Morgan fingerprint density at radius 3 is 1.26 bits per heavy atom. The second-order valence-corrected chi connectivity index (χ2v) is 24.7. The van der Waals surface area contributed by atoms with Crippen molar-refractivity contribution in [3.05, 3.63) is 0 Å². The van der Waals surface area contributed by atoms with E-state index in [2.05, 4.69) is 5.32 Å². The van der Waals surface area contributed by atoms with Gasteiger partial charge in [-0.25, -0.2) is 0 Å². The van der Waals surface area contributed by atoms with Crippen molar-refractivity contribution in [1.82, 2.24) is 10.2 Å². The average Bonchev–Trinajstić information content (AvgIpc) is 3.40. The van der Waals surface area contributed by atoms with Crippen molar-refractivity contribution < 1.29 is 88.5 Å². The molecule has 20 heteroatoms. The van der Waals surface area contributed by atoms with Crippen molar-refractivity contribution in [3.63, 3.8) is 0 Å². The second-order valence-electron chi connectivity index (χ2n) is 24.7. The van der Waals surface area contributed by atoms with E-state index in [9.17, 15) is 60.0 Å². The minimum absolute atomic E-state index is 0.0297. The molecule has 0 amide bonds. The molecule has 0 aromatic rings. The van der Waals surface area contributed by atoms with Crippen LogP contribution in [-0.4, -0.2) is 199 Å². The molecule has 0 aromatic heterocycles. The van der Waals surface area contributed by atoms with Crippen LogP contribution in [0.4, 0.5) is 0 Å². The number of rotatable bonds is 9. The number of Topliss-reactive ketones (excluding diaryl/α,β-unsaturated/α-hetero) is 2. The number of aliphatic hydroxyl groups excluding tert-OH is 6. The fourth-order valence-corrected chi connectivity index (χ4v) is 12.6. The number of aliphatic hydroxyl groups is 8. The standard InChI is InChI=1S/C30H55NO9.C28H51NO9/c1-11-22-16(4)25(33)17(5)24(32)15(3)14-30(9,37)28(35)18(6)27(19(7)29(36)39-22)40-23-13-21(31(10)12-2)26(34)20(8)38-23;1-10-20-14(3)23(31)15(4)22(30)13(2)12-28(8,35)26(33)16(5)25(17(6)27(34)37-20)38-21-11-19(29-9)24(32)18(7)36-21/h15-23,25-28,33-35,37H,11-14H2,1-10H3;13-21,23-26,29,31-33,35H,10-12H2,1-9H3/t15-,16+,17+,18+,19-,20?,21?,22-,23+,25+,26-,27+,28-,30-;13-,14+,15+,16+,17-,18?,19?,20-,21+,23+,24-,25+,26-,28-/m11/s1. The number of ketones is 2. The molecule has 4 aliphatic heterocycles. The molecule has 20 nitrogen and oxygen atoms in total. The number of carbonyl (C=O) groups is 4. The predicted molar refractivity (Wildman–Crippen MR) is 291 cm³/mol. The topological polar surface area (TPSA) is 301 Å². The highest BCUT2D eigenvalue weighted by Gasteiger charge is 2.50. The quantitative estimate of drug-likeness (QED) is 0.149. The van der Waals surface area contributed by atoms with E-state index in [1.165, 1.54) is 13.8 Å². The van der Waals surface area contributed by atoms with Crippen LogP contribution in [0.1, 0.15) is 156 Å². The zero-order valence-electron chi connectivity index (χ0n) is 50.6. The van der Waals surface area contributed by atoms with Crippen LogP contribution in [-0.2, 0) is 47.6 Å². The second kappa shape index (κ2) is 29.8. The zero-order chi connectivity index (χ0) is 59.8. The Morgan fingerprint density at radius 1 is 0.551 bits per heavy atom. The summed E-state index contributed by atoms with van der Waals surface area (Å²) in [5.74, 6) is -8.57. The maximum atomic E-state index is 13.5. The Hall–Kier alpha value is -2.28. The summed E-state index contributed by atoms with van der Waals surface area (Å²) in [6.45, 7) is 29.7. The summed E-state index contributed by atoms with van der Waals surface area (Å²) < 4.78 is 36.4. The molecule has 4 saturated heterocycles. The fourth-order valence-electron chi connectivity index (χ4n) is 12.6. The SMILES string of the molecule is CC[C@H]1OC(=O)[C@H](C)[C@@H](O[C@H]2CC(N(C)CC)[C@H](O)C(C)O2)[C@H](C)[C@@H](O)[C@](C)(O)C[C@@H](C)C(=O)[C@H](C)[C@@H](O)[C@H]1C.CC[C@H]1OC(=O)[C@H](C)[C@@H](O[C@H]2CC(NC)[C@H](O)C(C)O2)[C@H](C)[C@@H](O)[C@](C)(O)C[C@@H](C)C(=O)[C@H](C)[C@@H](O)[C@H]1C. The zero-order valence-corrected chi connectivity index (χ0v) is 50.6. The maximum absolute atomic E-state index is 13.5. The first-order chi connectivity index (χ1) is 36.0. The van der Waals surface area contributed by atoms with Gasteiger partial charge in [0.1, 0.15) is 23.8 Å². The number of carbonyl (C=O) groups excluding carboxylic acids is 4. The van der Waals surface area contributed by atoms with E-state index in [0.717, 1.165) is 0 Å². The first kappa shape index (κ1) is 70.0. The van der Waals surface area contributed by atoms with Gasteiger partial charge in [-0.3, -0.25) is 19.2 Å². The van der Waals surface area contributed by atoms with Crippen molar-refractivity contribution in [2.24, 2.45) is 59.2 Å². The third-order valence-electron chi connectivity index (χ3n) is 18.4. The molecule has 0 aromatic carbocycles. The third-order valence-corrected chi connectivity index (χ3v) is 18.4. The molecule has 4 rings (SSSR count). The van der Waals surface area contributed by atoms with Crippen LogP contribution < -0.4 is 5.32 Å². The molecular formula is C58H106N2O18. The minimum atomic E-state index is -1.69. The largest absolute Gasteiger partial charge is 0.462 e. The highest BCUT2D eigenvalue weighted by molar-refractivity contribution is 5.84. The molecule has 78 heavy (non-hydrogen) atoms. The number of ether oxygens (including phenoxy) is 6. The lowest BCUT2D eigenvalue weighted by Gasteiger charge is -2.45. The summed E-state index contributed by atoms with van der Waals surface area (Å²) in [6, 6.07) is -0.531. The molecule has 0 spiro atoms. The maximum Gasteiger partial charge on any atom is 0.311 e. The normalized spacial score (nSPS) is 47.4. The summed E-state index contributed by atoms with van der Waals surface area (Å²) in [4.78, 5) is 55.4. The van der Waals surface area contributed by atoms with Crippen molar-refractivity contribution in [2.75, 3.05) is 20.6 Å². The van der Waals surface area contributed by atoms with Crippen molar-refractivity contribution in [3.8, 4) is 0 Å². The molecule has 4 unspecified atom stereocenters. The van der Waals surface area contributed by atoms with E-state index >= 15 is 0 Å². The van der Waals surface area contributed by atoms with E-state index < -0.39 is 168 Å². The Bertz CT molecular complexity index is 1890. The highest BCUT2D eigenvalue weighted by Crippen LogP contribution is 2.39. The first-order valence-corrected chi connectivity index (χ1v) is 29.1. The fraction of sp³-hybridized carbons (Fsp3) is 0.931. The number of hydrogen-bond acceptors (Lipinski definition) is 20. The molecule has 9 N–H and O–H groups in total. The number of nitrogens with zero attached hydrogens (tertiary/aromatic N) is 1. The van der Waals surface area contributed by atoms with E-state index in [4.69, 9.17) is 28.4 Å². The summed E-state index contributed by atoms with van der Waals surface area (Å²) in [5, 5.41) is 91.7. The Balaban J connectivity index is 0.000000411. The van der Waals surface area contributed by atoms with Gasteiger partial charge in [-0.2, -0.15) is 0 Å². The van der Waals surface area contributed by atoms with Gasteiger partial charge in [0.05, 0.1) is 84.1 Å². The van der Waals surface area contributed by atoms with Gasteiger partial charge in [0.15, 0.2) is 12.6 Å². The van der Waals surface area contributed by atoms with E-state index in [-0.39, 0.29) is 36.5 Å². The molecule has 4 aliphatic rings.